The first kappa shape index (κ1) is 20.2. The molecular formula is C26H27NO3. The molecule has 0 spiro atoms. The topological polar surface area (TPSA) is 50.9 Å². The number of epoxide rings is 1. The number of amides is 1. The Labute approximate surface area is 177 Å². The van der Waals surface area contributed by atoms with Gasteiger partial charge in [0.1, 0.15) is 12.7 Å². The van der Waals surface area contributed by atoms with E-state index in [0.29, 0.717) is 6.42 Å². The summed E-state index contributed by atoms with van der Waals surface area (Å²) in [5.74, 6) is 0. The number of ether oxygens (including phenoxy) is 2. The summed E-state index contributed by atoms with van der Waals surface area (Å²) in [6, 6.07) is 30.2. The Hall–Kier alpha value is -3.11. The van der Waals surface area contributed by atoms with Crippen LogP contribution in [0, 0.1) is 0 Å². The molecule has 3 atom stereocenters. The zero-order valence-electron chi connectivity index (χ0n) is 16.9. The van der Waals surface area contributed by atoms with Crippen LogP contribution in [0.15, 0.2) is 91.0 Å². The highest BCUT2D eigenvalue weighted by Gasteiger charge is 2.45. The van der Waals surface area contributed by atoms with E-state index in [1.165, 1.54) is 11.1 Å². The third-order valence-corrected chi connectivity index (χ3v) is 5.39. The van der Waals surface area contributed by atoms with Crippen molar-refractivity contribution in [3.8, 4) is 0 Å². The van der Waals surface area contributed by atoms with Gasteiger partial charge in [-0.15, -0.1) is 0 Å². The van der Waals surface area contributed by atoms with Crippen LogP contribution in [0.2, 0.25) is 0 Å². The Kier molecular flexibility index (Phi) is 6.78. The molecular weight excluding hydrogens is 374 g/mol. The van der Waals surface area contributed by atoms with Gasteiger partial charge in [-0.1, -0.05) is 91.0 Å². The zero-order valence-corrected chi connectivity index (χ0v) is 16.9. The first-order valence-electron chi connectivity index (χ1n) is 10.5. The van der Waals surface area contributed by atoms with Gasteiger partial charge in [0.2, 0.25) is 0 Å². The highest BCUT2D eigenvalue weighted by atomic mass is 16.6. The van der Waals surface area contributed by atoms with Crippen LogP contribution in [-0.4, -0.2) is 24.3 Å². The highest BCUT2D eigenvalue weighted by molar-refractivity contribution is 5.67. The molecule has 2 unspecified atom stereocenters. The Balaban J connectivity index is 1.33. The Morgan fingerprint density at radius 1 is 0.833 bits per heavy atom. The molecule has 0 bridgehead atoms. The fourth-order valence-corrected chi connectivity index (χ4v) is 3.73. The van der Waals surface area contributed by atoms with Gasteiger partial charge in [0.25, 0.3) is 0 Å². The Morgan fingerprint density at radius 2 is 1.40 bits per heavy atom. The second kappa shape index (κ2) is 10.1. The lowest BCUT2D eigenvalue weighted by Crippen LogP contribution is -2.41. The molecule has 154 valence electrons. The molecule has 4 nitrogen and oxygen atoms in total. The number of nitrogens with one attached hydrogen (secondary N) is 1. The van der Waals surface area contributed by atoms with Crippen LogP contribution in [0.3, 0.4) is 0 Å². The van der Waals surface area contributed by atoms with Crippen molar-refractivity contribution >= 4 is 6.09 Å². The number of benzene rings is 3. The van der Waals surface area contributed by atoms with Gasteiger partial charge in [0.15, 0.2) is 0 Å². The smallest absolute Gasteiger partial charge is 0.407 e. The molecule has 4 rings (SSSR count). The molecule has 1 amide bonds. The van der Waals surface area contributed by atoms with Crippen LogP contribution in [-0.2, 0) is 28.9 Å². The molecule has 0 radical (unpaired) electrons. The molecule has 30 heavy (non-hydrogen) atoms. The minimum Gasteiger partial charge on any atom is -0.445 e. The molecule has 4 heteroatoms. The third-order valence-electron chi connectivity index (χ3n) is 5.39. The lowest BCUT2D eigenvalue weighted by atomic mass is 9.99. The average Bonchev–Trinajstić information content (AvgIpc) is 3.58. The summed E-state index contributed by atoms with van der Waals surface area (Å²) >= 11 is 0. The van der Waals surface area contributed by atoms with Crippen LogP contribution < -0.4 is 5.32 Å². The molecule has 3 aromatic rings. The molecule has 0 aromatic heterocycles. The van der Waals surface area contributed by atoms with Crippen molar-refractivity contribution in [2.75, 3.05) is 0 Å². The second-order valence-electron chi connectivity index (χ2n) is 7.67. The SMILES string of the molecule is O=C(N[C@H](Cc1ccccc1)C1OC1CCc1ccccc1)OCc1ccccc1. The second-order valence-corrected chi connectivity index (χ2v) is 7.67. The molecule has 0 saturated carbocycles. The third kappa shape index (κ3) is 5.94. The van der Waals surface area contributed by atoms with Crippen LogP contribution in [0.1, 0.15) is 23.1 Å². The van der Waals surface area contributed by atoms with Gasteiger partial charge in [-0.3, -0.25) is 0 Å². The van der Waals surface area contributed by atoms with E-state index in [4.69, 9.17) is 9.47 Å². The average molecular weight is 402 g/mol. The number of carbonyl (C=O) groups is 1. The molecule has 0 aliphatic carbocycles. The van der Waals surface area contributed by atoms with E-state index in [2.05, 4.69) is 41.7 Å². The molecule has 1 heterocycles. The van der Waals surface area contributed by atoms with E-state index in [1.54, 1.807) is 0 Å². The fraction of sp³-hybridized carbons (Fsp3) is 0.269. The first-order valence-corrected chi connectivity index (χ1v) is 10.5. The summed E-state index contributed by atoms with van der Waals surface area (Å²) in [5, 5.41) is 3.04. The van der Waals surface area contributed by atoms with Gasteiger partial charge >= 0.3 is 6.09 Å². The number of hydrogen-bond acceptors (Lipinski definition) is 3. The maximum Gasteiger partial charge on any atom is 0.407 e. The zero-order chi connectivity index (χ0) is 20.6. The minimum absolute atomic E-state index is 0.0122. The molecule has 1 aliphatic heterocycles. The summed E-state index contributed by atoms with van der Waals surface area (Å²) in [6.07, 6.45) is 2.40. The number of rotatable bonds is 9. The number of aryl methyl sites for hydroxylation is 1. The van der Waals surface area contributed by atoms with Crippen LogP contribution in [0.25, 0.3) is 0 Å². The lowest BCUT2D eigenvalue weighted by molar-refractivity contribution is 0.133. The Bertz CT molecular complexity index is 915. The normalized spacial score (nSPS) is 18.4. The minimum atomic E-state index is -0.405. The van der Waals surface area contributed by atoms with E-state index in [0.717, 1.165) is 18.4 Å². The quantitative estimate of drug-likeness (QED) is 0.518. The predicted octanol–water partition coefficient (Wildman–Crippen LogP) is 4.92. The number of carbonyl (C=O) groups excluding carboxylic acids is 1. The Morgan fingerprint density at radius 3 is 2.03 bits per heavy atom. The standard InChI is InChI=1S/C26H27NO3/c28-26(29-19-22-14-8-3-9-15-22)27-23(18-21-12-6-2-7-13-21)25-24(30-25)17-16-20-10-4-1-5-11-20/h1-15,23-25H,16-19H2,(H,27,28)/t23-,24?,25?/m1/s1. The molecule has 1 aliphatic rings. The highest BCUT2D eigenvalue weighted by Crippen LogP contribution is 2.31. The molecule has 3 aromatic carbocycles. The number of alkyl carbamates (subject to hydrolysis) is 1. The van der Waals surface area contributed by atoms with Crippen LogP contribution in [0.4, 0.5) is 4.79 Å². The van der Waals surface area contributed by atoms with Crippen molar-refractivity contribution in [2.45, 2.75) is 44.1 Å². The van der Waals surface area contributed by atoms with Crippen molar-refractivity contribution in [3.05, 3.63) is 108 Å². The lowest BCUT2D eigenvalue weighted by Gasteiger charge is -2.17. The summed E-state index contributed by atoms with van der Waals surface area (Å²) in [7, 11) is 0. The summed E-state index contributed by atoms with van der Waals surface area (Å²) in [4.78, 5) is 12.4. The van der Waals surface area contributed by atoms with Gasteiger partial charge in [-0.2, -0.15) is 0 Å². The van der Waals surface area contributed by atoms with Crippen LogP contribution in [0.5, 0.6) is 0 Å². The monoisotopic (exact) mass is 401 g/mol. The van der Waals surface area contributed by atoms with E-state index < -0.39 is 6.09 Å². The van der Waals surface area contributed by atoms with Crippen molar-refractivity contribution in [1.82, 2.24) is 5.32 Å². The largest absolute Gasteiger partial charge is 0.445 e. The van der Waals surface area contributed by atoms with E-state index in [1.807, 2.05) is 54.6 Å². The fourth-order valence-electron chi connectivity index (χ4n) is 3.73. The predicted molar refractivity (Wildman–Crippen MR) is 117 cm³/mol. The maximum absolute atomic E-state index is 12.4. The van der Waals surface area contributed by atoms with Gasteiger partial charge in [-0.05, 0) is 36.0 Å². The maximum atomic E-state index is 12.4. The van der Waals surface area contributed by atoms with E-state index in [-0.39, 0.29) is 24.9 Å². The summed E-state index contributed by atoms with van der Waals surface area (Å²) < 4.78 is 11.4. The van der Waals surface area contributed by atoms with E-state index >= 15 is 0 Å². The van der Waals surface area contributed by atoms with Gasteiger partial charge < -0.3 is 14.8 Å². The number of hydrogen-bond donors (Lipinski definition) is 1. The van der Waals surface area contributed by atoms with Crippen LogP contribution >= 0.6 is 0 Å². The van der Waals surface area contributed by atoms with Crippen molar-refractivity contribution in [1.29, 1.82) is 0 Å². The molecule has 1 N–H and O–H groups in total. The van der Waals surface area contributed by atoms with E-state index in [9.17, 15) is 4.79 Å². The summed E-state index contributed by atoms with van der Waals surface area (Å²) in [5.41, 5.74) is 3.44. The van der Waals surface area contributed by atoms with Gasteiger partial charge in [0.05, 0.1) is 12.1 Å². The van der Waals surface area contributed by atoms with Gasteiger partial charge in [0, 0.05) is 0 Å². The van der Waals surface area contributed by atoms with Crippen molar-refractivity contribution in [3.63, 3.8) is 0 Å². The summed E-state index contributed by atoms with van der Waals surface area (Å²) in [6.45, 7) is 0.258. The van der Waals surface area contributed by atoms with Crippen molar-refractivity contribution < 1.29 is 14.3 Å². The molecule has 1 saturated heterocycles. The molecule has 1 fully saturated rings. The first-order chi connectivity index (χ1) is 14.8. The van der Waals surface area contributed by atoms with Crippen molar-refractivity contribution in [2.24, 2.45) is 0 Å². The van der Waals surface area contributed by atoms with Gasteiger partial charge in [-0.25, -0.2) is 4.79 Å².